The number of benzene rings is 5. The molecule has 0 atom stereocenters. The third-order valence-electron chi connectivity index (χ3n) is 9.39. The highest BCUT2D eigenvalue weighted by molar-refractivity contribution is 5.96. The molecule has 3 aromatic heterocycles. The van der Waals surface area contributed by atoms with Crippen molar-refractivity contribution in [3.05, 3.63) is 181 Å². The highest BCUT2D eigenvalue weighted by atomic mass is 15.0. The minimum atomic E-state index is 0.594. The van der Waals surface area contributed by atoms with E-state index in [0.29, 0.717) is 17.5 Å². The lowest BCUT2D eigenvalue weighted by Crippen LogP contribution is -2.00. The summed E-state index contributed by atoms with van der Waals surface area (Å²) < 4.78 is 0. The van der Waals surface area contributed by atoms with Gasteiger partial charge < -0.3 is 0 Å². The Morgan fingerprint density at radius 3 is 1.80 bits per heavy atom. The van der Waals surface area contributed by atoms with Gasteiger partial charge in [-0.05, 0) is 84.3 Å². The fraction of sp³-hybridized carbons (Fsp3) is 0.0816. The molecule has 0 saturated heterocycles. The van der Waals surface area contributed by atoms with Gasteiger partial charge in [0.1, 0.15) is 0 Å². The largest absolute Gasteiger partial charge is 0.256 e. The van der Waals surface area contributed by atoms with Crippen LogP contribution in [-0.2, 0) is 0 Å². The monoisotopic (exact) mass is 697 g/mol. The maximum absolute atomic E-state index is 5.10. The molecule has 54 heavy (non-hydrogen) atoms. The van der Waals surface area contributed by atoms with E-state index in [2.05, 4.69) is 117 Å². The maximum atomic E-state index is 5.10. The molecule has 0 fully saturated rings. The summed E-state index contributed by atoms with van der Waals surface area (Å²) >= 11 is 0. The first-order chi connectivity index (χ1) is 26.6. The number of pyridine rings is 2. The molecule has 8 rings (SSSR count). The van der Waals surface area contributed by atoms with Gasteiger partial charge in [-0.15, -0.1) is 0 Å². The van der Waals surface area contributed by atoms with Crippen molar-refractivity contribution in [2.45, 2.75) is 27.2 Å². The molecule has 0 radical (unpaired) electrons. The van der Waals surface area contributed by atoms with E-state index < -0.39 is 0 Å². The highest BCUT2D eigenvalue weighted by Crippen LogP contribution is 2.36. The SMILES string of the molecule is C/C=C\C(=C/CC)c1cc(C)cc(-c2ccc(-c3cc(-c4nc(-c5ccccc5)nc(-c5ccccc5)n4)cc(-c4nccc5ccccc45)c3)cc2)n1. The number of hydrogen-bond donors (Lipinski definition) is 0. The van der Waals surface area contributed by atoms with Crippen LogP contribution in [0.4, 0.5) is 0 Å². The van der Waals surface area contributed by atoms with Gasteiger partial charge in [0.2, 0.25) is 0 Å². The third-order valence-corrected chi connectivity index (χ3v) is 9.39. The normalized spacial score (nSPS) is 11.7. The van der Waals surface area contributed by atoms with Crippen LogP contribution in [-0.4, -0.2) is 24.9 Å². The standard InChI is InChI=1S/C49H39N5/c1-4-14-36(15-5-2)44-28-33(3)29-45(51-44)37-24-22-34(23-25-37)40-30-41(46-43-21-13-12-16-35(43)26-27-50-46)32-42(31-40)49-53-47(38-17-8-6-9-18-38)52-48(54-49)39-19-10-7-11-20-39/h4,6-32H,5H2,1-3H3/b14-4-,36-15+. The summed E-state index contributed by atoms with van der Waals surface area (Å²) in [6, 6.07) is 50.1. The quantitative estimate of drug-likeness (QED) is 0.140. The Labute approximate surface area is 316 Å². The summed E-state index contributed by atoms with van der Waals surface area (Å²) in [7, 11) is 0. The molecular weight excluding hydrogens is 659 g/mol. The molecule has 0 aliphatic rings. The Balaban J connectivity index is 1.28. The Hall–Kier alpha value is -6.85. The first-order valence-corrected chi connectivity index (χ1v) is 18.4. The van der Waals surface area contributed by atoms with Crippen molar-refractivity contribution in [1.82, 2.24) is 24.9 Å². The van der Waals surface area contributed by atoms with E-state index in [1.807, 2.05) is 73.8 Å². The van der Waals surface area contributed by atoms with Gasteiger partial charge in [0, 0.05) is 39.4 Å². The summed E-state index contributed by atoms with van der Waals surface area (Å²) in [6.07, 6.45) is 9.25. The lowest BCUT2D eigenvalue weighted by Gasteiger charge is -2.13. The van der Waals surface area contributed by atoms with Gasteiger partial charge in [-0.1, -0.05) is 134 Å². The predicted octanol–water partition coefficient (Wildman–Crippen LogP) is 12.5. The maximum Gasteiger partial charge on any atom is 0.164 e. The zero-order valence-electron chi connectivity index (χ0n) is 30.6. The molecule has 5 nitrogen and oxygen atoms in total. The Kier molecular flexibility index (Phi) is 9.77. The van der Waals surface area contributed by atoms with Crippen molar-refractivity contribution in [2.75, 3.05) is 0 Å². The fourth-order valence-corrected chi connectivity index (χ4v) is 6.80. The van der Waals surface area contributed by atoms with Crippen molar-refractivity contribution < 1.29 is 0 Å². The summed E-state index contributed by atoms with van der Waals surface area (Å²) in [6.45, 7) is 6.33. The van der Waals surface area contributed by atoms with Gasteiger partial charge in [-0.3, -0.25) is 4.98 Å². The number of aryl methyl sites for hydroxylation is 1. The summed E-state index contributed by atoms with van der Waals surface area (Å²) in [4.78, 5) is 25.1. The highest BCUT2D eigenvalue weighted by Gasteiger charge is 2.16. The van der Waals surface area contributed by atoms with Crippen LogP contribution >= 0.6 is 0 Å². The number of aromatic nitrogens is 5. The van der Waals surface area contributed by atoms with E-state index in [0.717, 1.165) is 78.8 Å². The van der Waals surface area contributed by atoms with Crippen molar-refractivity contribution >= 4 is 16.3 Å². The Bertz CT molecular complexity index is 2580. The zero-order chi connectivity index (χ0) is 36.9. The Morgan fingerprint density at radius 1 is 0.537 bits per heavy atom. The average molecular weight is 698 g/mol. The van der Waals surface area contributed by atoms with E-state index in [1.54, 1.807) is 0 Å². The lowest BCUT2D eigenvalue weighted by molar-refractivity contribution is 1.07. The van der Waals surface area contributed by atoms with Crippen LogP contribution in [0.1, 0.15) is 31.5 Å². The third kappa shape index (κ3) is 7.25. The van der Waals surface area contributed by atoms with Crippen LogP contribution in [0, 0.1) is 6.92 Å². The first-order valence-electron chi connectivity index (χ1n) is 18.4. The van der Waals surface area contributed by atoms with Gasteiger partial charge in [0.25, 0.3) is 0 Å². The molecule has 3 heterocycles. The first kappa shape index (κ1) is 34.2. The van der Waals surface area contributed by atoms with Crippen LogP contribution in [0.25, 0.3) is 84.2 Å². The smallest absolute Gasteiger partial charge is 0.164 e. The molecule has 0 spiro atoms. The topological polar surface area (TPSA) is 64.5 Å². The molecule has 0 aliphatic heterocycles. The summed E-state index contributed by atoms with van der Waals surface area (Å²) in [5, 5.41) is 2.22. The van der Waals surface area contributed by atoms with Crippen LogP contribution in [0.5, 0.6) is 0 Å². The van der Waals surface area contributed by atoms with Crippen LogP contribution in [0.15, 0.2) is 170 Å². The van der Waals surface area contributed by atoms with Gasteiger partial charge in [-0.2, -0.15) is 0 Å². The van der Waals surface area contributed by atoms with Gasteiger partial charge in [0.05, 0.1) is 17.1 Å². The number of rotatable bonds is 9. The minimum Gasteiger partial charge on any atom is -0.256 e. The average Bonchev–Trinajstić information content (AvgIpc) is 3.23. The van der Waals surface area contributed by atoms with E-state index in [1.165, 1.54) is 5.56 Å². The minimum absolute atomic E-state index is 0.594. The van der Waals surface area contributed by atoms with E-state index in [4.69, 9.17) is 24.9 Å². The molecule has 5 aromatic carbocycles. The second-order valence-corrected chi connectivity index (χ2v) is 13.3. The van der Waals surface area contributed by atoms with Gasteiger partial charge >= 0.3 is 0 Å². The number of hydrogen-bond acceptors (Lipinski definition) is 5. The van der Waals surface area contributed by atoms with E-state index in [9.17, 15) is 0 Å². The molecule has 260 valence electrons. The molecule has 0 N–H and O–H groups in total. The van der Waals surface area contributed by atoms with Crippen LogP contribution < -0.4 is 0 Å². The Morgan fingerprint density at radius 2 is 1.13 bits per heavy atom. The molecule has 5 heteroatoms. The predicted molar refractivity (Wildman–Crippen MR) is 223 cm³/mol. The molecule has 0 saturated carbocycles. The number of allylic oxidation sites excluding steroid dienone is 4. The second-order valence-electron chi connectivity index (χ2n) is 13.3. The van der Waals surface area contributed by atoms with E-state index >= 15 is 0 Å². The number of fused-ring (bicyclic) bond motifs is 1. The molecule has 0 aliphatic carbocycles. The van der Waals surface area contributed by atoms with Crippen molar-refractivity contribution in [2.24, 2.45) is 0 Å². The molecule has 0 unspecified atom stereocenters. The lowest BCUT2D eigenvalue weighted by atomic mass is 9.95. The zero-order valence-corrected chi connectivity index (χ0v) is 30.6. The van der Waals surface area contributed by atoms with Crippen molar-refractivity contribution in [1.29, 1.82) is 0 Å². The molecule has 8 aromatic rings. The second kappa shape index (κ2) is 15.4. The van der Waals surface area contributed by atoms with Crippen LogP contribution in [0.2, 0.25) is 0 Å². The molecule has 0 bridgehead atoms. The molecule has 0 amide bonds. The van der Waals surface area contributed by atoms with E-state index in [-0.39, 0.29) is 0 Å². The number of nitrogens with zero attached hydrogens (tertiary/aromatic N) is 5. The summed E-state index contributed by atoms with van der Waals surface area (Å²) in [5.74, 6) is 1.84. The molecular formula is C49H39N5. The van der Waals surface area contributed by atoms with Gasteiger partial charge in [0.15, 0.2) is 17.5 Å². The van der Waals surface area contributed by atoms with Gasteiger partial charge in [-0.25, -0.2) is 19.9 Å². The van der Waals surface area contributed by atoms with Crippen LogP contribution in [0.3, 0.4) is 0 Å². The summed E-state index contributed by atoms with van der Waals surface area (Å²) in [5.41, 5.74) is 12.0. The van der Waals surface area contributed by atoms with Crippen molar-refractivity contribution in [3.8, 4) is 67.8 Å². The van der Waals surface area contributed by atoms with Crippen molar-refractivity contribution in [3.63, 3.8) is 0 Å². The fourth-order valence-electron chi connectivity index (χ4n) is 6.80.